The van der Waals surface area contributed by atoms with Crippen molar-refractivity contribution in [3.63, 3.8) is 0 Å². The Bertz CT molecular complexity index is 1530. The Morgan fingerprint density at radius 1 is 0.781 bits per heavy atom. The Morgan fingerprint density at radius 3 is 2.38 bits per heavy atom. The van der Waals surface area contributed by atoms with E-state index in [1.807, 2.05) is 18.2 Å². The van der Waals surface area contributed by atoms with Gasteiger partial charge in [-0.3, -0.25) is 0 Å². The molecule has 4 aromatic carbocycles. The Kier molecular flexibility index (Phi) is 4.30. The summed E-state index contributed by atoms with van der Waals surface area (Å²) < 4.78 is 12.6. The van der Waals surface area contributed by atoms with E-state index in [1.165, 1.54) is 16.8 Å². The third kappa shape index (κ3) is 2.89. The SMILES string of the molecule is N#C/C=C1/C=C(c2cccc3ccccc23)C2=C(O1)c1ccc3ccccc3c1OCC2. The fourth-order valence-electron chi connectivity index (χ4n) is 4.69. The first-order valence-corrected chi connectivity index (χ1v) is 10.7. The largest absolute Gasteiger partial charge is 0.492 e. The number of allylic oxidation sites excluding steroid dienone is 3. The summed E-state index contributed by atoms with van der Waals surface area (Å²) in [6.07, 6.45) is 4.16. The molecule has 3 heteroatoms. The molecule has 0 bridgehead atoms. The fourth-order valence-corrected chi connectivity index (χ4v) is 4.69. The van der Waals surface area contributed by atoms with Gasteiger partial charge in [-0.2, -0.15) is 5.26 Å². The minimum atomic E-state index is 0.537. The van der Waals surface area contributed by atoms with E-state index in [0.29, 0.717) is 18.8 Å². The molecule has 2 aliphatic heterocycles. The second kappa shape index (κ2) is 7.44. The Labute approximate surface area is 186 Å². The summed E-state index contributed by atoms with van der Waals surface area (Å²) in [7, 11) is 0. The van der Waals surface area contributed by atoms with Gasteiger partial charge >= 0.3 is 0 Å². The van der Waals surface area contributed by atoms with E-state index in [2.05, 4.69) is 72.8 Å². The van der Waals surface area contributed by atoms with Crippen molar-refractivity contribution in [2.24, 2.45) is 0 Å². The molecule has 32 heavy (non-hydrogen) atoms. The highest BCUT2D eigenvalue weighted by molar-refractivity contribution is 6.03. The van der Waals surface area contributed by atoms with E-state index in [4.69, 9.17) is 9.47 Å². The lowest BCUT2D eigenvalue weighted by Gasteiger charge is -2.24. The van der Waals surface area contributed by atoms with Crippen molar-refractivity contribution in [3.8, 4) is 11.8 Å². The van der Waals surface area contributed by atoms with Crippen LogP contribution in [0.3, 0.4) is 0 Å². The van der Waals surface area contributed by atoms with Crippen LogP contribution in [-0.2, 0) is 4.74 Å². The van der Waals surface area contributed by atoms with Gasteiger partial charge in [0.15, 0.2) is 0 Å². The summed E-state index contributed by atoms with van der Waals surface area (Å²) in [5, 5.41) is 13.9. The number of rotatable bonds is 1. The summed E-state index contributed by atoms with van der Waals surface area (Å²) in [6.45, 7) is 0.558. The maximum atomic E-state index is 9.36. The van der Waals surface area contributed by atoms with Crippen LogP contribution in [0.15, 0.2) is 102 Å². The van der Waals surface area contributed by atoms with Gasteiger partial charge in [0.05, 0.1) is 24.3 Å². The zero-order chi connectivity index (χ0) is 21.5. The van der Waals surface area contributed by atoms with Crippen LogP contribution in [0.2, 0.25) is 0 Å². The van der Waals surface area contributed by atoms with Crippen molar-refractivity contribution in [1.29, 1.82) is 5.26 Å². The van der Waals surface area contributed by atoms with E-state index in [1.54, 1.807) is 0 Å². The molecule has 0 atom stereocenters. The van der Waals surface area contributed by atoms with Crippen molar-refractivity contribution < 1.29 is 9.47 Å². The molecule has 0 saturated heterocycles. The van der Waals surface area contributed by atoms with Gasteiger partial charge in [0.1, 0.15) is 17.3 Å². The minimum absolute atomic E-state index is 0.537. The number of nitriles is 1. The van der Waals surface area contributed by atoms with E-state index in [-0.39, 0.29) is 0 Å². The van der Waals surface area contributed by atoms with Gasteiger partial charge in [-0.25, -0.2) is 0 Å². The van der Waals surface area contributed by atoms with Crippen LogP contribution in [0.25, 0.3) is 32.9 Å². The summed E-state index contributed by atoms with van der Waals surface area (Å²) in [4.78, 5) is 0. The highest BCUT2D eigenvalue weighted by Gasteiger charge is 2.28. The highest BCUT2D eigenvalue weighted by atomic mass is 16.5. The third-order valence-corrected chi connectivity index (χ3v) is 6.12. The molecule has 0 spiro atoms. The molecule has 152 valence electrons. The lowest BCUT2D eigenvalue weighted by Crippen LogP contribution is -2.06. The fraction of sp³-hybridized carbons (Fsp3) is 0.0690. The number of benzene rings is 4. The Balaban J connectivity index is 1.64. The Morgan fingerprint density at radius 2 is 1.53 bits per heavy atom. The summed E-state index contributed by atoms with van der Waals surface area (Å²) >= 11 is 0. The van der Waals surface area contributed by atoms with Crippen LogP contribution < -0.4 is 4.74 Å². The first-order chi connectivity index (χ1) is 15.8. The molecule has 2 aliphatic rings. The standard InChI is InChI=1S/C29H19NO2/c30-16-14-21-18-27(24-11-5-8-19-6-1-3-9-22(19)24)25-15-17-31-28-23-10-4-2-7-20(23)12-13-26(28)29(25)32-21/h1-14,18H,15,17H2/b21-14-. The number of fused-ring (bicyclic) bond motifs is 5. The molecule has 0 unspecified atom stereocenters. The first kappa shape index (κ1) is 18.5. The van der Waals surface area contributed by atoms with Crippen LogP contribution in [0.4, 0.5) is 0 Å². The smallest absolute Gasteiger partial charge is 0.142 e. The van der Waals surface area contributed by atoms with Gasteiger partial charge in [0, 0.05) is 17.4 Å². The van der Waals surface area contributed by atoms with E-state index >= 15 is 0 Å². The van der Waals surface area contributed by atoms with Gasteiger partial charge in [0.2, 0.25) is 0 Å². The van der Waals surface area contributed by atoms with Gasteiger partial charge < -0.3 is 9.47 Å². The van der Waals surface area contributed by atoms with E-state index in [9.17, 15) is 5.26 Å². The van der Waals surface area contributed by atoms with Crippen molar-refractivity contribution >= 4 is 32.9 Å². The molecule has 0 aromatic heterocycles. The van der Waals surface area contributed by atoms with Crippen LogP contribution in [0.5, 0.6) is 5.75 Å². The van der Waals surface area contributed by atoms with Crippen molar-refractivity contribution in [2.45, 2.75) is 6.42 Å². The van der Waals surface area contributed by atoms with Crippen LogP contribution in [-0.4, -0.2) is 6.61 Å². The molecular formula is C29H19NO2. The normalized spacial score (nSPS) is 16.5. The van der Waals surface area contributed by atoms with E-state index < -0.39 is 0 Å². The lowest BCUT2D eigenvalue weighted by molar-refractivity contribution is 0.329. The van der Waals surface area contributed by atoms with Crippen molar-refractivity contribution in [2.75, 3.05) is 6.61 Å². The topological polar surface area (TPSA) is 42.2 Å². The number of hydrogen-bond acceptors (Lipinski definition) is 3. The first-order valence-electron chi connectivity index (χ1n) is 10.7. The summed E-state index contributed by atoms with van der Waals surface area (Å²) in [6, 6.07) is 29.2. The van der Waals surface area contributed by atoms with Crippen LogP contribution >= 0.6 is 0 Å². The lowest BCUT2D eigenvalue weighted by atomic mass is 9.88. The number of ether oxygens (including phenoxy) is 2. The number of nitrogens with zero attached hydrogens (tertiary/aromatic N) is 1. The molecule has 0 saturated carbocycles. The molecule has 0 N–H and O–H groups in total. The predicted molar refractivity (Wildman–Crippen MR) is 128 cm³/mol. The maximum Gasteiger partial charge on any atom is 0.142 e. The molecule has 6 rings (SSSR count). The molecule has 4 aromatic rings. The second-order valence-corrected chi connectivity index (χ2v) is 7.93. The molecule has 0 radical (unpaired) electrons. The van der Waals surface area contributed by atoms with Crippen molar-refractivity contribution in [1.82, 2.24) is 0 Å². The molecule has 3 nitrogen and oxygen atoms in total. The molecule has 0 aliphatic carbocycles. The van der Waals surface area contributed by atoms with Gasteiger partial charge in [-0.1, -0.05) is 72.8 Å². The van der Waals surface area contributed by atoms with Gasteiger partial charge in [0.25, 0.3) is 0 Å². The average molecular weight is 413 g/mol. The predicted octanol–water partition coefficient (Wildman–Crippen LogP) is 7.01. The monoisotopic (exact) mass is 413 g/mol. The van der Waals surface area contributed by atoms with Crippen LogP contribution in [0, 0.1) is 11.3 Å². The summed E-state index contributed by atoms with van der Waals surface area (Å²) in [5.41, 5.74) is 4.23. The molecular weight excluding hydrogens is 394 g/mol. The van der Waals surface area contributed by atoms with E-state index in [0.717, 1.165) is 44.6 Å². The third-order valence-electron chi connectivity index (χ3n) is 6.12. The quantitative estimate of drug-likeness (QED) is 0.315. The van der Waals surface area contributed by atoms with Gasteiger partial charge in [-0.15, -0.1) is 0 Å². The zero-order valence-electron chi connectivity index (χ0n) is 17.3. The summed E-state index contributed by atoms with van der Waals surface area (Å²) in [5.74, 6) is 2.15. The molecule has 0 fully saturated rings. The molecule has 0 amide bonds. The van der Waals surface area contributed by atoms with Crippen molar-refractivity contribution in [3.05, 3.63) is 113 Å². The Hall–Kier alpha value is -4.29. The second-order valence-electron chi connectivity index (χ2n) is 7.93. The number of hydrogen-bond donors (Lipinski definition) is 0. The zero-order valence-corrected chi connectivity index (χ0v) is 17.3. The maximum absolute atomic E-state index is 9.36. The van der Waals surface area contributed by atoms with Gasteiger partial charge in [-0.05, 0) is 39.4 Å². The highest BCUT2D eigenvalue weighted by Crippen LogP contribution is 2.46. The van der Waals surface area contributed by atoms with Crippen LogP contribution in [0.1, 0.15) is 17.5 Å². The average Bonchev–Trinajstić information content (AvgIpc) is 3.03. The molecule has 2 heterocycles. The minimum Gasteiger partial charge on any atom is -0.492 e.